The number of aromatic amines is 1. The van der Waals surface area contributed by atoms with Crippen LogP contribution in [0.15, 0.2) is 85.2 Å². The summed E-state index contributed by atoms with van der Waals surface area (Å²) in [5, 5.41) is 8.34. The third kappa shape index (κ3) is 6.08. The van der Waals surface area contributed by atoms with Crippen LogP contribution in [0.4, 0.5) is 10.1 Å². The molecule has 0 radical (unpaired) electrons. The Labute approximate surface area is 272 Å². The molecular weight excluding hydrogens is 597 g/mol. The van der Waals surface area contributed by atoms with Crippen LogP contribution in [-0.4, -0.2) is 88.0 Å². The van der Waals surface area contributed by atoms with E-state index in [1.54, 1.807) is 35.2 Å². The zero-order chi connectivity index (χ0) is 32.3. The summed E-state index contributed by atoms with van der Waals surface area (Å²) in [6, 6.07) is 21.3. The number of halogens is 1. The molecule has 0 unspecified atom stereocenters. The number of carbonyl (C=O) groups excluding carboxylic acids is 2. The molecule has 0 atom stereocenters. The van der Waals surface area contributed by atoms with Gasteiger partial charge in [0.05, 0.1) is 25.4 Å². The second kappa shape index (κ2) is 13.1. The van der Waals surface area contributed by atoms with Crippen LogP contribution in [-0.2, 0) is 11.3 Å². The van der Waals surface area contributed by atoms with Gasteiger partial charge in [-0.1, -0.05) is 47.7 Å². The maximum atomic E-state index is 16.6. The number of hydrogen-bond donors (Lipinski definition) is 1. The molecule has 0 spiro atoms. The standard InChI is InChI=1S/C36H36FN7O3/c1-47-32-12-6-5-11-27(32)29-22-28(25-8-7-15-43(24-25)33(45)13-16-44-17-14-38-40-44)34(37)35-30(29)23-31(39-35)36(46)42-20-18-41(19-21-42)26-9-3-2-4-10-26/h2-6,8-12,14,17,22-23,39H,7,13,15-16,18-21,24H2,1H3. The first kappa shape index (κ1) is 30.2. The van der Waals surface area contributed by atoms with Crippen molar-refractivity contribution in [3.63, 3.8) is 0 Å². The predicted octanol–water partition coefficient (Wildman–Crippen LogP) is 5.24. The van der Waals surface area contributed by atoms with E-state index in [0.29, 0.717) is 68.1 Å². The SMILES string of the molecule is COc1ccccc1-c1cc(C2=CCCN(C(=O)CCn3ccnn3)C2)c(F)c2[nH]c(C(=O)N3CCN(c4ccccc4)CC3)cc12. The number of benzene rings is 3. The number of ether oxygens (including phenoxy) is 1. The molecular formula is C36H36FN7O3. The van der Waals surface area contributed by atoms with E-state index in [0.717, 1.165) is 22.4 Å². The van der Waals surface area contributed by atoms with Gasteiger partial charge in [0.15, 0.2) is 5.82 Å². The maximum Gasteiger partial charge on any atom is 0.270 e. The van der Waals surface area contributed by atoms with Gasteiger partial charge in [0.25, 0.3) is 5.91 Å². The highest BCUT2D eigenvalue weighted by molar-refractivity contribution is 6.05. The fourth-order valence-electron chi connectivity index (χ4n) is 6.55. The fourth-order valence-corrected chi connectivity index (χ4v) is 6.55. The van der Waals surface area contributed by atoms with E-state index in [9.17, 15) is 9.59 Å². The minimum Gasteiger partial charge on any atom is -0.496 e. The molecule has 5 aromatic rings. The number of amides is 2. The lowest BCUT2D eigenvalue weighted by molar-refractivity contribution is -0.131. The second-order valence-corrected chi connectivity index (χ2v) is 11.8. The van der Waals surface area contributed by atoms with Gasteiger partial charge in [-0.3, -0.25) is 14.3 Å². The van der Waals surface area contributed by atoms with E-state index < -0.39 is 5.82 Å². The number of para-hydroxylation sites is 2. The van der Waals surface area contributed by atoms with Crippen molar-refractivity contribution >= 4 is 34.0 Å². The number of aryl methyl sites for hydroxylation is 1. The number of H-pyrrole nitrogens is 1. The van der Waals surface area contributed by atoms with Gasteiger partial charge >= 0.3 is 0 Å². The largest absolute Gasteiger partial charge is 0.496 e. The Morgan fingerprint density at radius 2 is 1.70 bits per heavy atom. The number of piperazine rings is 1. The maximum absolute atomic E-state index is 16.6. The van der Waals surface area contributed by atoms with Crippen LogP contribution in [0.3, 0.4) is 0 Å². The summed E-state index contributed by atoms with van der Waals surface area (Å²) >= 11 is 0. The molecule has 2 aliphatic rings. The van der Waals surface area contributed by atoms with Crippen LogP contribution in [0.5, 0.6) is 5.75 Å². The van der Waals surface area contributed by atoms with E-state index in [-0.39, 0.29) is 30.3 Å². The molecule has 2 aliphatic heterocycles. The average Bonchev–Trinajstić information content (AvgIpc) is 3.82. The summed E-state index contributed by atoms with van der Waals surface area (Å²) in [5.41, 5.74) is 4.37. The summed E-state index contributed by atoms with van der Waals surface area (Å²) in [6.45, 7) is 3.80. The topological polar surface area (TPSA) is 99.6 Å². The van der Waals surface area contributed by atoms with Crippen molar-refractivity contribution in [2.75, 3.05) is 51.3 Å². The van der Waals surface area contributed by atoms with Crippen molar-refractivity contribution in [3.8, 4) is 16.9 Å². The van der Waals surface area contributed by atoms with E-state index in [2.05, 4.69) is 32.3 Å². The Kier molecular flexibility index (Phi) is 8.43. The van der Waals surface area contributed by atoms with Crippen molar-refractivity contribution in [1.29, 1.82) is 0 Å². The third-order valence-corrected chi connectivity index (χ3v) is 9.04. The van der Waals surface area contributed by atoms with Crippen LogP contribution in [0.2, 0.25) is 0 Å². The lowest BCUT2D eigenvalue weighted by Crippen LogP contribution is -2.48. The second-order valence-electron chi connectivity index (χ2n) is 11.8. The van der Waals surface area contributed by atoms with Crippen LogP contribution in [0, 0.1) is 5.82 Å². The Hall–Kier alpha value is -5.45. The molecule has 3 aromatic carbocycles. The highest BCUT2D eigenvalue weighted by Crippen LogP contribution is 2.40. The van der Waals surface area contributed by atoms with Crippen molar-refractivity contribution < 1.29 is 18.7 Å². The minimum absolute atomic E-state index is 0.0299. The lowest BCUT2D eigenvalue weighted by atomic mass is 9.93. The molecule has 47 heavy (non-hydrogen) atoms. The number of aromatic nitrogens is 4. The zero-order valence-corrected chi connectivity index (χ0v) is 26.2. The molecule has 240 valence electrons. The molecule has 1 N–H and O–H groups in total. The summed E-state index contributed by atoms with van der Waals surface area (Å²) in [4.78, 5) is 36.0. The number of methoxy groups -OCH3 is 1. The number of nitrogens with zero attached hydrogens (tertiary/aromatic N) is 6. The number of carbonyl (C=O) groups is 2. The van der Waals surface area contributed by atoms with Gasteiger partial charge in [0.2, 0.25) is 5.91 Å². The van der Waals surface area contributed by atoms with Crippen LogP contribution >= 0.6 is 0 Å². The molecule has 11 heteroatoms. The van der Waals surface area contributed by atoms with Crippen molar-refractivity contribution in [3.05, 3.63) is 102 Å². The van der Waals surface area contributed by atoms with E-state index in [1.165, 1.54) is 0 Å². The number of hydrogen-bond acceptors (Lipinski definition) is 6. The number of nitrogens with one attached hydrogen (secondary N) is 1. The molecule has 0 aliphatic carbocycles. The predicted molar refractivity (Wildman–Crippen MR) is 179 cm³/mol. The van der Waals surface area contributed by atoms with E-state index in [4.69, 9.17) is 4.74 Å². The quantitative estimate of drug-likeness (QED) is 0.251. The molecule has 10 nitrogen and oxygen atoms in total. The van der Waals surface area contributed by atoms with Gasteiger partial charge in [0, 0.05) is 74.1 Å². The Morgan fingerprint density at radius 3 is 2.47 bits per heavy atom. The molecule has 2 amide bonds. The van der Waals surface area contributed by atoms with Crippen LogP contribution in [0.1, 0.15) is 28.9 Å². The smallest absolute Gasteiger partial charge is 0.270 e. The van der Waals surface area contributed by atoms with Crippen molar-refractivity contribution in [1.82, 2.24) is 29.8 Å². The summed E-state index contributed by atoms with van der Waals surface area (Å²) in [5.74, 6) is -0.00528. The zero-order valence-electron chi connectivity index (χ0n) is 26.2. The van der Waals surface area contributed by atoms with Gasteiger partial charge < -0.3 is 24.4 Å². The normalized spacial score (nSPS) is 15.2. The van der Waals surface area contributed by atoms with Gasteiger partial charge in [-0.05, 0) is 47.9 Å². The van der Waals surface area contributed by atoms with Crippen LogP contribution in [0.25, 0.3) is 27.6 Å². The van der Waals surface area contributed by atoms with Crippen LogP contribution < -0.4 is 9.64 Å². The minimum atomic E-state index is -0.449. The molecule has 1 fully saturated rings. The van der Waals surface area contributed by atoms with Crippen molar-refractivity contribution in [2.24, 2.45) is 0 Å². The molecule has 1 saturated heterocycles. The Balaban J connectivity index is 1.20. The highest BCUT2D eigenvalue weighted by Gasteiger charge is 2.28. The first-order chi connectivity index (χ1) is 23.0. The van der Waals surface area contributed by atoms with Gasteiger partial charge in [0.1, 0.15) is 11.4 Å². The number of anilines is 1. The summed E-state index contributed by atoms with van der Waals surface area (Å²) in [6.07, 6.45) is 6.18. The summed E-state index contributed by atoms with van der Waals surface area (Å²) < 4.78 is 23.9. The Morgan fingerprint density at radius 1 is 0.915 bits per heavy atom. The molecule has 2 aromatic heterocycles. The van der Waals surface area contributed by atoms with Crippen molar-refractivity contribution in [2.45, 2.75) is 19.4 Å². The third-order valence-electron chi connectivity index (χ3n) is 9.04. The molecule has 4 heterocycles. The van der Waals surface area contributed by atoms with E-state index >= 15 is 4.39 Å². The number of fused-ring (bicyclic) bond motifs is 1. The van der Waals surface area contributed by atoms with Gasteiger partial charge in [-0.25, -0.2) is 4.39 Å². The first-order valence-corrected chi connectivity index (χ1v) is 15.9. The highest BCUT2D eigenvalue weighted by atomic mass is 19.1. The number of rotatable bonds is 8. The molecule has 7 rings (SSSR count). The average molecular weight is 634 g/mol. The van der Waals surface area contributed by atoms with Gasteiger partial charge in [-0.15, -0.1) is 5.10 Å². The monoisotopic (exact) mass is 633 g/mol. The lowest BCUT2D eigenvalue weighted by Gasteiger charge is -2.36. The molecule has 0 bridgehead atoms. The van der Waals surface area contributed by atoms with E-state index in [1.807, 2.05) is 59.5 Å². The Bertz CT molecular complexity index is 1930. The fraction of sp³-hybridized carbons (Fsp3) is 0.278. The van der Waals surface area contributed by atoms with Gasteiger partial charge in [-0.2, -0.15) is 0 Å². The first-order valence-electron chi connectivity index (χ1n) is 15.9. The summed E-state index contributed by atoms with van der Waals surface area (Å²) in [7, 11) is 1.61. The molecule has 0 saturated carbocycles.